The van der Waals surface area contributed by atoms with Gasteiger partial charge in [-0.25, -0.2) is 14.4 Å². The van der Waals surface area contributed by atoms with E-state index in [1.807, 2.05) is 4.90 Å². The Kier molecular flexibility index (Phi) is 4.43. The van der Waals surface area contributed by atoms with Crippen LogP contribution in [0.5, 0.6) is 0 Å². The van der Waals surface area contributed by atoms with Crippen LogP contribution in [0.25, 0.3) is 11.6 Å². The Balaban J connectivity index is 1.53. The van der Waals surface area contributed by atoms with Crippen molar-refractivity contribution in [3.05, 3.63) is 71.0 Å². The summed E-state index contributed by atoms with van der Waals surface area (Å²) in [4.78, 5) is 10.7. The van der Waals surface area contributed by atoms with Gasteiger partial charge in [0.1, 0.15) is 5.82 Å². The normalized spacial score (nSPS) is 15.0. The SMILES string of the molecule is Fc1c(CN2CCc3nc(-c4ccco4)ncc3C2)cccc1C(F)(F)F. The van der Waals surface area contributed by atoms with Crippen LogP contribution in [-0.4, -0.2) is 21.4 Å². The number of hydrogen-bond donors (Lipinski definition) is 0. The maximum atomic E-state index is 14.2. The summed E-state index contributed by atoms with van der Waals surface area (Å²) in [6.45, 7) is 1.11. The zero-order valence-corrected chi connectivity index (χ0v) is 14.1. The molecule has 0 atom stereocenters. The van der Waals surface area contributed by atoms with Crippen LogP contribution < -0.4 is 0 Å². The fourth-order valence-electron chi connectivity index (χ4n) is 3.20. The average Bonchev–Trinajstić information content (AvgIpc) is 3.17. The third kappa shape index (κ3) is 3.57. The first-order valence-electron chi connectivity index (χ1n) is 8.37. The molecule has 0 radical (unpaired) electrons. The van der Waals surface area contributed by atoms with Crippen LogP contribution in [-0.2, 0) is 25.7 Å². The Morgan fingerprint density at radius 3 is 2.74 bits per heavy atom. The molecule has 1 aliphatic rings. The van der Waals surface area contributed by atoms with Crippen LogP contribution in [0.4, 0.5) is 17.6 Å². The van der Waals surface area contributed by atoms with E-state index in [1.165, 1.54) is 12.1 Å². The highest BCUT2D eigenvalue weighted by molar-refractivity contribution is 5.47. The van der Waals surface area contributed by atoms with Crippen LogP contribution in [0.15, 0.2) is 47.2 Å². The molecule has 4 rings (SSSR count). The number of benzene rings is 1. The van der Waals surface area contributed by atoms with Crippen LogP contribution in [0.3, 0.4) is 0 Å². The van der Waals surface area contributed by atoms with E-state index in [0.717, 1.165) is 17.3 Å². The maximum absolute atomic E-state index is 14.2. The largest absolute Gasteiger partial charge is 0.461 e. The molecule has 0 spiro atoms. The van der Waals surface area contributed by atoms with Crippen LogP contribution in [0.1, 0.15) is 22.4 Å². The van der Waals surface area contributed by atoms with Crippen molar-refractivity contribution in [1.82, 2.24) is 14.9 Å². The van der Waals surface area contributed by atoms with Crippen LogP contribution in [0.2, 0.25) is 0 Å². The molecule has 0 fully saturated rings. The van der Waals surface area contributed by atoms with Gasteiger partial charge in [0.15, 0.2) is 11.6 Å². The van der Waals surface area contributed by atoms with E-state index in [2.05, 4.69) is 9.97 Å². The molecule has 0 aliphatic carbocycles. The number of hydrogen-bond acceptors (Lipinski definition) is 4. The van der Waals surface area contributed by atoms with Crippen molar-refractivity contribution in [1.29, 1.82) is 0 Å². The quantitative estimate of drug-likeness (QED) is 0.633. The highest BCUT2D eigenvalue weighted by Crippen LogP contribution is 2.33. The molecule has 0 N–H and O–H groups in total. The predicted molar refractivity (Wildman–Crippen MR) is 89.0 cm³/mol. The molecule has 140 valence electrons. The Hall–Kier alpha value is -2.74. The minimum atomic E-state index is -4.70. The number of furan rings is 1. The van der Waals surface area contributed by atoms with Crippen LogP contribution >= 0.6 is 0 Å². The molecular formula is C19H15F4N3O. The van der Waals surface area contributed by atoms with Gasteiger partial charge >= 0.3 is 6.18 Å². The molecule has 3 heterocycles. The average molecular weight is 377 g/mol. The molecule has 1 aromatic carbocycles. The van der Waals surface area contributed by atoms with Crippen molar-refractivity contribution in [3.63, 3.8) is 0 Å². The molecule has 2 aromatic heterocycles. The summed E-state index contributed by atoms with van der Waals surface area (Å²) in [5.41, 5.74) is 0.548. The smallest absolute Gasteiger partial charge is 0.419 e. The van der Waals surface area contributed by atoms with E-state index < -0.39 is 17.6 Å². The lowest BCUT2D eigenvalue weighted by atomic mass is 10.0. The molecule has 4 nitrogen and oxygen atoms in total. The van der Waals surface area contributed by atoms with Gasteiger partial charge < -0.3 is 4.42 Å². The number of rotatable bonds is 3. The lowest BCUT2D eigenvalue weighted by Crippen LogP contribution is -2.31. The van der Waals surface area contributed by atoms with Gasteiger partial charge in [-0.15, -0.1) is 0 Å². The summed E-state index contributed by atoms with van der Waals surface area (Å²) in [7, 11) is 0. The Morgan fingerprint density at radius 1 is 1.15 bits per heavy atom. The summed E-state index contributed by atoms with van der Waals surface area (Å²) in [5, 5.41) is 0. The zero-order valence-electron chi connectivity index (χ0n) is 14.1. The summed E-state index contributed by atoms with van der Waals surface area (Å²) in [5.74, 6) is -0.136. The molecular weight excluding hydrogens is 362 g/mol. The monoisotopic (exact) mass is 377 g/mol. The van der Waals surface area contributed by atoms with Gasteiger partial charge in [-0.3, -0.25) is 4.90 Å². The van der Waals surface area contributed by atoms with Gasteiger partial charge in [0.05, 0.1) is 17.5 Å². The van der Waals surface area contributed by atoms with E-state index in [9.17, 15) is 17.6 Å². The van der Waals surface area contributed by atoms with Crippen molar-refractivity contribution in [2.45, 2.75) is 25.7 Å². The van der Waals surface area contributed by atoms with Crippen molar-refractivity contribution >= 4 is 0 Å². The van der Waals surface area contributed by atoms with Crippen molar-refractivity contribution in [2.24, 2.45) is 0 Å². The lowest BCUT2D eigenvalue weighted by molar-refractivity contribution is -0.140. The minimum absolute atomic E-state index is 0.0291. The van der Waals surface area contributed by atoms with Gasteiger partial charge in [-0.1, -0.05) is 12.1 Å². The molecule has 27 heavy (non-hydrogen) atoms. The van der Waals surface area contributed by atoms with E-state index in [4.69, 9.17) is 4.42 Å². The van der Waals surface area contributed by atoms with Crippen molar-refractivity contribution < 1.29 is 22.0 Å². The lowest BCUT2D eigenvalue weighted by Gasteiger charge is -2.28. The number of aromatic nitrogens is 2. The topological polar surface area (TPSA) is 42.2 Å². The van der Waals surface area contributed by atoms with Crippen LogP contribution in [0, 0.1) is 5.82 Å². The third-order valence-electron chi connectivity index (χ3n) is 4.53. The second-order valence-corrected chi connectivity index (χ2v) is 6.38. The maximum Gasteiger partial charge on any atom is 0.419 e. The van der Waals surface area contributed by atoms with Gasteiger partial charge in [0.2, 0.25) is 0 Å². The number of alkyl halides is 3. The summed E-state index contributed by atoms with van der Waals surface area (Å²) in [6, 6.07) is 6.90. The second kappa shape index (κ2) is 6.77. The van der Waals surface area contributed by atoms with Gasteiger partial charge in [-0.2, -0.15) is 13.2 Å². The highest BCUT2D eigenvalue weighted by Gasteiger charge is 2.35. The summed E-state index contributed by atoms with van der Waals surface area (Å²) >= 11 is 0. The Morgan fingerprint density at radius 2 is 2.00 bits per heavy atom. The molecule has 8 heteroatoms. The molecule has 3 aromatic rings. The van der Waals surface area contributed by atoms with Crippen molar-refractivity contribution in [3.8, 4) is 11.6 Å². The molecule has 0 saturated carbocycles. The first kappa shape index (κ1) is 17.7. The third-order valence-corrected chi connectivity index (χ3v) is 4.53. The van der Waals surface area contributed by atoms with E-state index in [1.54, 1.807) is 24.6 Å². The fourth-order valence-corrected chi connectivity index (χ4v) is 3.20. The standard InChI is InChI=1S/C19H15F4N3O/c20-17-12(3-1-4-14(17)19(21,22)23)10-26-7-6-15-13(11-26)9-24-18(25-15)16-5-2-8-27-16/h1-5,8-9H,6-7,10-11H2. The number of fused-ring (bicyclic) bond motifs is 1. The molecule has 0 unspecified atom stereocenters. The highest BCUT2D eigenvalue weighted by atomic mass is 19.4. The number of nitrogens with zero attached hydrogens (tertiary/aromatic N) is 3. The zero-order chi connectivity index (χ0) is 19.0. The van der Waals surface area contributed by atoms with E-state index >= 15 is 0 Å². The van der Waals surface area contributed by atoms with Gasteiger partial charge in [0, 0.05) is 43.4 Å². The Bertz CT molecular complexity index is 954. The van der Waals surface area contributed by atoms with E-state index in [-0.39, 0.29) is 12.1 Å². The molecule has 0 saturated heterocycles. The minimum Gasteiger partial charge on any atom is -0.461 e. The molecule has 0 bridgehead atoms. The van der Waals surface area contributed by atoms with Crippen molar-refractivity contribution in [2.75, 3.05) is 6.54 Å². The Labute approximate surface area is 152 Å². The predicted octanol–water partition coefficient (Wildman–Crippen LogP) is 4.45. The first-order chi connectivity index (χ1) is 12.9. The molecule has 0 amide bonds. The summed E-state index contributed by atoms with van der Waals surface area (Å²) in [6.07, 6.45) is -0.866. The number of halogens is 4. The fraction of sp³-hybridized carbons (Fsp3) is 0.263. The van der Waals surface area contributed by atoms with Gasteiger partial charge in [-0.05, 0) is 18.2 Å². The van der Waals surface area contributed by atoms with E-state index in [0.29, 0.717) is 31.1 Å². The van der Waals surface area contributed by atoms with Gasteiger partial charge in [0.25, 0.3) is 0 Å². The molecule has 1 aliphatic heterocycles. The first-order valence-corrected chi connectivity index (χ1v) is 8.37. The second-order valence-electron chi connectivity index (χ2n) is 6.38. The summed E-state index contributed by atoms with van der Waals surface area (Å²) < 4.78 is 58.2.